The lowest BCUT2D eigenvalue weighted by Gasteiger charge is -2.28. The van der Waals surface area contributed by atoms with Crippen LogP contribution in [0.3, 0.4) is 0 Å². The Morgan fingerprint density at radius 2 is 1.98 bits per heavy atom. The maximum Gasteiger partial charge on any atom is 0.320 e. The number of nitrogens with zero attached hydrogens (tertiary/aromatic N) is 3. The maximum atomic E-state index is 14.2. The molecule has 2 amide bonds. The number of halogens is 2. The Morgan fingerprint density at radius 3 is 2.67 bits per heavy atom. The number of amides is 2. The molecule has 212 valence electrons. The second-order valence-electron chi connectivity index (χ2n) is 10.4. The first-order chi connectivity index (χ1) is 19.4. The van der Waals surface area contributed by atoms with Gasteiger partial charge in [-0.25, -0.2) is 18.3 Å². The molecule has 5 rings (SSSR count). The number of ether oxygens (including phenoxy) is 1. The van der Waals surface area contributed by atoms with Crippen LogP contribution in [0.5, 0.6) is 0 Å². The van der Waals surface area contributed by atoms with Crippen LogP contribution >= 0.6 is 0 Å². The van der Waals surface area contributed by atoms with Crippen molar-refractivity contribution in [2.75, 3.05) is 39.2 Å². The van der Waals surface area contributed by atoms with Crippen LogP contribution in [0.2, 0.25) is 0 Å². The van der Waals surface area contributed by atoms with Gasteiger partial charge in [-0.2, -0.15) is 5.10 Å². The van der Waals surface area contributed by atoms with Crippen molar-refractivity contribution >= 4 is 17.4 Å². The molecule has 2 aromatic carbocycles. The van der Waals surface area contributed by atoms with Crippen molar-refractivity contribution in [3.63, 3.8) is 0 Å². The molecule has 1 saturated heterocycles. The number of rotatable bonds is 8. The van der Waals surface area contributed by atoms with E-state index in [9.17, 15) is 13.6 Å². The number of para-hydroxylation sites is 1. The highest BCUT2D eigenvalue weighted by atomic mass is 19.2. The number of likely N-dealkylation sites (tertiary alicyclic amines) is 1. The molecule has 0 radical (unpaired) electrons. The van der Waals surface area contributed by atoms with Crippen LogP contribution in [0, 0.1) is 18.6 Å². The van der Waals surface area contributed by atoms with Crippen molar-refractivity contribution in [2.45, 2.75) is 44.3 Å². The number of aromatic nitrogens is 2. The Labute approximate surface area is 233 Å². The number of anilines is 1. The van der Waals surface area contributed by atoms with Gasteiger partial charge in [0.25, 0.3) is 0 Å². The summed E-state index contributed by atoms with van der Waals surface area (Å²) < 4.78 is 35.0. The molecule has 0 bridgehead atoms. The Bertz CT molecular complexity index is 1380. The second kappa shape index (κ2) is 12.3. The molecule has 0 saturated carbocycles. The fourth-order valence-electron chi connectivity index (χ4n) is 5.83. The molecule has 0 aliphatic carbocycles. The first-order valence-electron chi connectivity index (χ1n) is 13.7. The van der Waals surface area contributed by atoms with E-state index in [2.05, 4.69) is 26.9 Å². The zero-order valence-corrected chi connectivity index (χ0v) is 23.1. The predicted molar refractivity (Wildman–Crippen MR) is 151 cm³/mol. The number of benzene rings is 2. The number of hydrogen-bond donors (Lipinski definition) is 3. The smallest absolute Gasteiger partial charge is 0.320 e. The molecule has 40 heavy (non-hydrogen) atoms. The fraction of sp³-hybridized carbons (Fsp3) is 0.400. The van der Waals surface area contributed by atoms with Gasteiger partial charge in [0.2, 0.25) is 0 Å². The van der Waals surface area contributed by atoms with Gasteiger partial charge in [-0.1, -0.05) is 30.3 Å². The molecule has 3 atom stereocenters. The van der Waals surface area contributed by atoms with Crippen LogP contribution in [0.1, 0.15) is 42.1 Å². The first-order valence-corrected chi connectivity index (χ1v) is 13.7. The molecule has 8 nitrogen and oxygen atoms in total. The molecule has 3 aromatic rings. The van der Waals surface area contributed by atoms with E-state index in [0.717, 1.165) is 54.5 Å². The number of carbonyl (C=O) groups is 1. The summed E-state index contributed by atoms with van der Waals surface area (Å²) >= 11 is 0. The molecule has 10 heteroatoms. The summed E-state index contributed by atoms with van der Waals surface area (Å²) in [5.41, 5.74) is 4.33. The topological polar surface area (TPSA) is 83.5 Å². The standard InChI is InChI=1S/C30H36F2N6O2/c1-19-27(20-11-14-33-15-12-20)36-38(22-7-5-4-6-8-22)29(19)35-30(39)34-26-18-23(13-16-40-3)37(2)28(26)21-9-10-24(31)25(32)17-21/h4-11,17,23,26,28,33H,12-16,18H2,1-3H3,(H2,34,35,39)/t23?,26-,28+/m1/s1. The third kappa shape index (κ3) is 5.79. The van der Waals surface area contributed by atoms with Gasteiger partial charge in [0.05, 0.1) is 23.5 Å². The van der Waals surface area contributed by atoms with E-state index in [1.165, 1.54) is 6.07 Å². The summed E-state index contributed by atoms with van der Waals surface area (Å²) in [6.45, 7) is 4.18. The monoisotopic (exact) mass is 550 g/mol. The Balaban J connectivity index is 1.43. The lowest BCUT2D eigenvalue weighted by Crippen LogP contribution is -2.41. The Morgan fingerprint density at radius 1 is 1.18 bits per heavy atom. The first kappa shape index (κ1) is 27.9. The van der Waals surface area contributed by atoms with Crippen LogP contribution in [-0.2, 0) is 4.74 Å². The van der Waals surface area contributed by atoms with E-state index in [1.807, 2.05) is 44.3 Å². The molecule has 0 spiro atoms. The lowest BCUT2D eigenvalue weighted by atomic mass is 9.99. The van der Waals surface area contributed by atoms with Gasteiger partial charge in [-0.05, 0) is 75.2 Å². The highest BCUT2D eigenvalue weighted by Gasteiger charge is 2.41. The van der Waals surface area contributed by atoms with Gasteiger partial charge >= 0.3 is 6.03 Å². The number of methoxy groups -OCH3 is 1. The van der Waals surface area contributed by atoms with Gasteiger partial charge in [0.15, 0.2) is 11.6 Å². The third-order valence-corrected chi connectivity index (χ3v) is 7.90. The van der Waals surface area contributed by atoms with E-state index < -0.39 is 11.6 Å². The minimum Gasteiger partial charge on any atom is -0.385 e. The van der Waals surface area contributed by atoms with Crippen LogP contribution in [-0.4, -0.2) is 66.6 Å². The van der Waals surface area contributed by atoms with Crippen LogP contribution in [0.4, 0.5) is 19.4 Å². The highest BCUT2D eigenvalue weighted by Crippen LogP contribution is 2.37. The van der Waals surface area contributed by atoms with E-state index in [1.54, 1.807) is 17.9 Å². The highest BCUT2D eigenvalue weighted by molar-refractivity contribution is 5.91. The average Bonchev–Trinajstić information content (AvgIpc) is 3.45. The molecule has 3 heterocycles. The van der Waals surface area contributed by atoms with Crippen LogP contribution < -0.4 is 16.0 Å². The van der Waals surface area contributed by atoms with Gasteiger partial charge in [0.1, 0.15) is 5.82 Å². The van der Waals surface area contributed by atoms with Crippen molar-refractivity contribution in [3.05, 3.63) is 83.1 Å². The van der Waals surface area contributed by atoms with Crippen molar-refractivity contribution in [3.8, 4) is 5.69 Å². The number of carbonyl (C=O) groups excluding carboxylic acids is 1. The third-order valence-electron chi connectivity index (χ3n) is 7.90. The van der Waals surface area contributed by atoms with Crippen molar-refractivity contribution in [1.29, 1.82) is 0 Å². The minimum atomic E-state index is -0.906. The molecule has 1 aromatic heterocycles. The molecule has 3 N–H and O–H groups in total. The summed E-state index contributed by atoms with van der Waals surface area (Å²) in [6, 6.07) is 12.7. The lowest BCUT2D eigenvalue weighted by molar-refractivity contribution is 0.150. The van der Waals surface area contributed by atoms with Crippen molar-refractivity contribution in [1.82, 2.24) is 25.3 Å². The largest absolute Gasteiger partial charge is 0.385 e. The summed E-state index contributed by atoms with van der Waals surface area (Å²) in [4.78, 5) is 15.7. The van der Waals surface area contributed by atoms with Gasteiger partial charge in [-0.3, -0.25) is 10.2 Å². The van der Waals surface area contributed by atoms with Crippen LogP contribution in [0.15, 0.2) is 54.6 Å². The summed E-state index contributed by atoms with van der Waals surface area (Å²) in [5.74, 6) is -1.21. The van der Waals surface area contributed by atoms with E-state index in [-0.39, 0.29) is 24.2 Å². The number of nitrogens with one attached hydrogen (secondary N) is 3. The quantitative estimate of drug-likeness (QED) is 0.375. The zero-order valence-electron chi connectivity index (χ0n) is 23.1. The van der Waals surface area contributed by atoms with E-state index in [0.29, 0.717) is 24.4 Å². The molecular weight excluding hydrogens is 514 g/mol. The summed E-state index contributed by atoms with van der Waals surface area (Å²) in [6.07, 6.45) is 4.38. The van der Waals surface area contributed by atoms with E-state index in [4.69, 9.17) is 9.84 Å². The predicted octanol–water partition coefficient (Wildman–Crippen LogP) is 4.81. The van der Waals surface area contributed by atoms with Crippen molar-refractivity contribution in [2.24, 2.45) is 0 Å². The normalized spacial score (nSPS) is 21.3. The fourth-order valence-corrected chi connectivity index (χ4v) is 5.83. The van der Waals surface area contributed by atoms with Gasteiger partial charge < -0.3 is 15.4 Å². The number of likely N-dealkylation sites (N-methyl/N-ethyl adjacent to an activating group) is 1. The molecule has 2 aliphatic rings. The van der Waals surface area contributed by atoms with E-state index >= 15 is 0 Å². The average molecular weight is 551 g/mol. The molecule has 1 fully saturated rings. The molecule has 1 unspecified atom stereocenters. The van der Waals surface area contributed by atoms with Crippen molar-refractivity contribution < 1.29 is 18.3 Å². The SMILES string of the molecule is COCCC1C[C@@H](NC(=O)Nc2c(C)c(C3=CCNCC3)nn2-c2ccccc2)[C@H](c2ccc(F)c(F)c2)N1C. The van der Waals surface area contributed by atoms with Crippen LogP contribution in [0.25, 0.3) is 11.3 Å². The number of hydrogen-bond acceptors (Lipinski definition) is 5. The number of urea groups is 1. The maximum absolute atomic E-state index is 14.2. The Kier molecular flexibility index (Phi) is 8.58. The minimum absolute atomic E-state index is 0.0957. The molecule has 2 aliphatic heterocycles. The summed E-state index contributed by atoms with van der Waals surface area (Å²) in [5, 5.41) is 14.4. The zero-order chi connectivity index (χ0) is 28.2. The summed E-state index contributed by atoms with van der Waals surface area (Å²) in [7, 11) is 3.59. The Hall–Kier alpha value is -3.60. The second-order valence-corrected chi connectivity index (χ2v) is 10.4. The molecular formula is C30H36F2N6O2. The van der Waals surface area contributed by atoms with Gasteiger partial charge in [0, 0.05) is 31.9 Å². The van der Waals surface area contributed by atoms with Gasteiger partial charge in [-0.15, -0.1) is 0 Å².